The number of carbonyl (C=O) groups excluding carboxylic acids is 2. The van der Waals surface area contributed by atoms with E-state index >= 15 is 0 Å². The van der Waals surface area contributed by atoms with Gasteiger partial charge in [0.1, 0.15) is 6.10 Å². The molecular weight excluding hydrogens is 581 g/mol. The summed E-state index contributed by atoms with van der Waals surface area (Å²) in [5, 5.41) is 12.4. The number of ether oxygens (including phenoxy) is 1. The molecule has 0 saturated carbocycles. The molecule has 10 heteroatoms. The van der Waals surface area contributed by atoms with Crippen molar-refractivity contribution in [1.82, 2.24) is 9.80 Å². The summed E-state index contributed by atoms with van der Waals surface area (Å²) in [6.45, 7) is 4.28. The van der Waals surface area contributed by atoms with Gasteiger partial charge in [0, 0.05) is 30.1 Å². The Morgan fingerprint density at radius 1 is 0.930 bits per heavy atom. The van der Waals surface area contributed by atoms with Gasteiger partial charge in [-0.1, -0.05) is 98.2 Å². The lowest BCUT2D eigenvalue weighted by Gasteiger charge is -2.52. The lowest BCUT2D eigenvalue weighted by molar-refractivity contribution is -0.207. The third-order valence-electron chi connectivity index (χ3n) is 8.82. The molecule has 0 aliphatic carbocycles. The van der Waals surface area contributed by atoms with Crippen LogP contribution in [0.15, 0.2) is 84.9 Å². The van der Waals surface area contributed by atoms with Crippen molar-refractivity contribution in [3.8, 4) is 0 Å². The normalized spacial score (nSPS) is 24.2. The van der Waals surface area contributed by atoms with Crippen LogP contribution in [0.2, 0.25) is 5.02 Å². The molecule has 6 nitrogen and oxygen atoms in total. The molecule has 1 amide bonds. The highest BCUT2D eigenvalue weighted by atomic mass is 35.5. The first-order valence-corrected chi connectivity index (χ1v) is 14.6. The van der Waals surface area contributed by atoms with Gasteiger partial charge in [0.05, 0.1) is 24.1 Å². The average molecular weight is 615 g/mol. The Labute approximate surface area is 254 Å². The molecule has 0 spiro atoms. The number of carbonyl (C=O) groups is 2. The fourth-order valence-corrected chi connectivity index (χ4v) is 6.59. The van der Waals surface area contributed by atoms with E-state index in [2.05, 4.69) is 0 Å². The number of esters is 1. The fourth-order valence-electron chi connectivity index (χ4n) is 6.46. The van der Waals surface area contributed by atoms with Crippen LogP contribution in [0.1, 0.15) is 42.9 Å². The monoisotopic (exact) mass is 614 g/mol. The SMILES string of the molecule is CC1(C)CN([C@H]2CN(C(=O)C(c3ccccc3)c3ccccc3)C[C@@H]2OC(=O)C(F)(F)F)CCC1(O)c1ccc(Cl)cc1. The summed E-state index contributed by atoms with van der Waals surface area (Å²) in [5.41, 5.74) is 0.215. The number of likely N-dealkylation sites (tertiary alicyclic amines) is 2. The van der Waals surface area contributed by atoms with Crippen LogP contribution in [-0.4, -0.2) is 71.3 Å². The summed E-state index contributed by atoms with van der Waals surface area (Å²) >= 11 is 6.06. The molecule has 1 N–H and O–H groups in total. The number of rotatable bonds is 6. The number of nitrogens with zero attached hydrogens (tertiary/aromatic N) is 2. The zero-order chi connectivity index (χ0) is 31.0. The van der Waals surface area contributed by atoms with Crippen LogP contribution in [0.3, 0.4) is 0 Å². The van der Waals surface area contributed by atoms with Crippen LogP contribution >= 0.6 is 11.6 Å². The number of amides is 1. The number of piperidine rings is 1. The van der Waals surface area contributed by atoms with E-state index in [1.165, 1.54) is 4.90 Å². The van der Waals surface area contributed by atoms with E-state index in [9.17, 15) is 27.9 Å². The molecule has 5 rings (SSSR count). The number of alkyl halides is 3. The number of aliphatic hydroxyl groups is 1. The topological polar surface area (TPSA) is 70.1 Å². The van der Waals surface area contributed by atoms with Gasteiger partial charge in [0.2, 0.25) is 5.91 Å². The van der Waals surface area contributed by atoms with Crippen molar-refractivity contribution in [3.05, 3.63) is 107 Å². The van der Waals surface area contributed by atoms with E-state index in [0.29, 0.717) is 23.7 Å². The molecule has 0 aromatic heterocycles. The van der Waals surface area contributed by atoms with Gasteiger partial charge in [0.25, 0.3) is 0 Å². The molecule has 2 aliphatic rings. The molecule has 0 bridgehead atoms. The average Bonchev–Trinajstić information content (AvgIpc) is 3.39. The van der Waals surface area contributed by atoms with E-state index in [0.717, 1.165) is 11.1 Å². The lowest BCUT2D eigenvalue weighted by Crippen LogP contribution is -2.60. The third-order valence-corrected chi connectivity index (χ3v) is 9.07. The third kappa shape index (κ3) is 6.30. The summed E-state index contributed by atoms with van der Waals surface area (Å²) in [6.07, 6.45) is -6.10. The summed E-state index contributed by atoms with van der Waals surface area (Å²) < 4.78 is 45.0. The minimum atomic E-state index is -5.17. The van der Waals surface area contributed by atoms with E-state index in [4.69, 9.17) is 16.3 Å². The largest absolute Gasteiger partial charge is 0.490 e. The van der Waals surface area contributed by atoms with Crippen LogP contribution in [0.4, 0.5) is 13.2 Å². The molecular formula is C33H34ClF3N2O4. The van der Waals surface area contributed by atoms with Gasteiger partial charge in [-0.25, -0.2) is 4.79 Å². The predicted octanol–water partition coefficient (Wildman–Crippen LogP) is 5.78. The van der Waals surface area contributed by atoms with Gasteiger partial charge in [-0.05, 0) is 35.2 Å². The molecule has 1 unspecified atom stereocenters. The highest BCUT2D eigenvalue weighted by Crippen LogP contribution is 2.47. The summed E-state index contributed by atoms with van der Waals surface area (Å²) in [4.78, 5) is 29.6. The highest BCUT2D eigenvalue weighted by molar-refractivity contribution is 6.30. The zero-order valence-corrected chi connectivity index (χ0v) is 24.7. The first kappa shape index (κ1) is 31.0. The molecule has 3 aromatic carbocycles. The fraction of sp³-hybridized carbons (Fsp3) is 0.394. The number of hydrogen-bond acceptors (Lipinski definition) is 5. The Bertz CT molecular complexity index is 1400. The second-order valence-electron chi connectivity index (χ2n) is 12.0. The minimum Gasteiger partial charge on any atom is -0.452 e. The van der Waals surface area contributed by atoms with Crippen molar-refractivity contribution < 1.29 is 32.6 Å². The molecule has 2 aliphatic heterocycles. The van der Waals surface area contributed by atoms with E-state index in [1.807, 2.05) is 79.4 Å². The van der Waals surface area contributed by atoms with Crippen LogP contribution in [0.25, 0.3) is 0 Å². The number of halogens is 4. The van der Waals surface area contributed by atoms with Gasteiger partial charge < -0.3 is 14.7 Å². The summed E-state index contributed by atoms with van der Waals surface area (Å²) in [7, 11) is 0. The Morgan fingerprint density at radius 2 is 1.49 bits per heavy atom. The van der Waals surface area contributed by atoms with Gasteiger partial charge in [-0.2, -0.15) is 13.2 Å². The number of hydrogen-bond donors (Lipinski definition) is 1. The van der Waals surface area contributed by atoms with Crippen LogP contribution in [0, 0.1) is 5.41 Å². The Hall–Kier alpha value is -3.40. The molecule has 2 saturated heterocycles. The maximum absolute atomic E-state index is 14.1. The van der Waals surface area contributed by atoms with Crippen molar-refractivity contribution in [2.75, 3.05) is 26.2 Å². The van der Waals surface area contributed by atoms with E-state index in [-0.39, 0.29) is 25.4 Å². The highest BCUT2D eigenvalue weighted by Gasteiger charge is 2.53. The second-order valence-corrected chi connectivity index (χ2v) is 12.4. The standard InChI is InChI=1S/C33H34ClF3N2O4/c1-31(2)21-38(18-17-32(31,42)24-13-15-25(34)16-14-24)26-19-39(20-27(26)43-30(41)33(35,36)37)29(40)28(22-9-5-3-6-10-22)23-11-7-4-8-12-23/h3-16,26-28,42H,17-21H2,1-2H3/t26-,27-,32?/m0/s1. The minimum absolute atomic E-state index is 0.0697. The Balaban J connectivity index is 1.44. The molecule has 43 heavy (non-hydrogen) atoms. The van der Waals surface area contributed by atoms with Crippen molar-refractivity contribution in [1.29, 1.82) is 0 Å². The predicted molar refractivity (Wildman–Crippen MR) is 156 cm³/mol. The van der Waals surface area contributed by atoms with E-state index < -0.39 is 41.2 Å². The molecule has 2 fully saturated rings. The van der Waals surface area contributed by atoms with Crippen LogP contribution < -0.4 is 0 Å². The maximum Gasteiger partial charge on any atom is 0.490 e. The zero-order valence-electron chi connectivity index (χ0n) is 23.9. The quantitative estimate of drug-likeness (QED) is 0.357. The van der Waals surface area contributed by atoms with Gasteiger partial charge in [0.15, 0.2) is 0 Å². The molecule has 3 atom stereocenters. The number of benzene rings is 3. The van der Waals surface area contributed by atoms with E-state index in [1.54, 1.807) is 24.3 Å². The smallest absolute Gasteiger partial charge is 0.452 e. The second kappa shape index (κ2) is 11.9. The lowest BCUT2D eigenvalue weighted by atomic mass is 9.66. The summed E-state index contributed by atoms with van der Waals surface area (Å²) in [5.74, 6) is -3.26. The van der Waals surface area contributed by atoms with Gasteiger partial charge >= 0.3 is 12.1 Å². The molecule has 228 valence electrons. The Morgan fingerprint density at radius 3 is 2.00 bits per heavy atom. The summed E-state index contributed by atoms with van der Waals surface area (Å²) in [6, 6.07) is 24.6. The first-order valence-electron chi connectivity index (χ1n) is 14.2. The van der Waals surface area contributed by atoms with Crippen molar-refractivity contribution in [2.24, 2.45) is 5.41 Å². The molecule has 3 aromatic rings. The van der Waals surface area contributed by atoms with Crippen LogP contribution in [-0.2, 0) is 19.9 Å². The van der Waals surface area contributed by atoms with Crippen LogP contribution in [0.5, 0.6) is 0 Å². The van der Waals surface area contributed by atoms with Gasteiger partial charge in [-0.15, -0.1) is 0 Å². The first-order chi connectivity index (χ1) is 20.3. The van der Waals surface area contributed by atoms with Crippen molar-refractivity contribution >= 4 is 23.5 Å². The Kier molecular flexibility index (Phi) is 8.62. The van der Waals surface area contributed by atoms with Gasteiger partial charge in [-0.3, -0.25) is 9.69 Å². The van der Waals surface area contributed by atoms with Crippen molar-refractivity contribution in [2.45, 2.75) is 50.1 Å². The molecule has 2 heterocycles. The molecule has 0 radical (unpaired) electrons. The van der Waals surface area contributed by atoms with Crippen molar-refractivity contribution in [3.63, 3.8) is 0 Å². The maximum atomic E-state index is 14.1.